The van der Waals surface area contributed by atoms with Crippen LogP contribution in [0.15, 0.2) is 119 Å². The van der Waals surface area contributed by atoms with E-state index in [2.05, 4.69) is 10.6 Å². The quantitative estimate of drug-likeness (QED) is 0.0312. The van der Waals surface area contributed by atoms with E-state index in [0.717, 1.165) is 56.1 Å². The summed E-state index contributed by atoms with van der Waals surface area (Å²) in [5, 5.41) is 38.6. The summed E-state index contributed by atoms with van der Waals surface area (Å²) >= 11 is 0. The van der Waals surface area contributed by atoms with E-state index >= 15 is 0 Å². The third kappa shape index (κ3) is 19.7. The lowest BCUT2D eigenvalue weighted by atomic mass is 10.0. The molecule has 2 aliphatic rings. The molecule has 0 spiro atoms. The molecule has 0 bridgehead atoms. The molecule has 2 heterocycles. The van der Waals surface area contributed by atoms with Crippen molar-refractivity contribution < 1.29 is 74.3 Å². The maximum absolute atomic E-state index is 13.6. The number of nitro benzene ring substituents is 2. The fourth-order valence-electron chi connectivity index (χ4n) is 8.20. The molecule has 0 aliphatic carbocycles. The zero-order valence-corrected chi connectivity index (χ0v) is 45.5. The number of hydrogen-bond donors (Lipinski definition) is 4. The number of benzene rings is 4. The molecule has 2 amide bonds. The van der Waals surface area contributed by atoms with Crippen LogP contribution in [0.4, 0.5) is 21.0 Å². The minimum atomic E-state index is -4.23. The van der Waals surface area contributed by atoms with Crippen LogP contribution >= 0.6 is 8.25 Å². The highest BCUT2D eigenvalue weighted by Crippen LogP contribution is 2.28. The van der Waals surface area contributed by atoms with Crippen molar-refractivity contribution in [2.45, 2.75) is 99.7 Å². The van der Waals surface area contributed by atoms with Gasteiger partial charge in [0.05, 0.1) is 64.3 Å². The highest BCUT2D eigenvalue weighted by Gasteiger charge is 2.39. The fraction of sp³-hybridized carbons (Fsp3) is 0.480. The summed E-state index contributed by atoms with van der Waals surface area (Å²) in [5.41, 5.74) is 1.09. The van der Waals surface area contributed by atoms with E-state index in [0.29, 0.717) is 32.7 Å². The number of non-ortho nitro benzene ring substituents is 2. The van der Waals surface area contributed by atoms with Crippen LogP contribution < -0.4 is 10.6 Å². The standard InChI is InChI=1S/C25H32N3O10PS.C25H33N3O8S/c1-18(2)15-27(40(34,35)22-10-8-20(9-11-22)28(30)31)16-24(38-39(32)33)23(14-19-6-4-3-5-7-19)26-25(29)37-21-12-13-36-17-21;1-18(2)15-27(37(33,34)22-10-8-20(9-11-22)28(31)32)16-24(29)23(14-19-6-4-3-5-7-19)26-25(30)36-21-12-13-35-17-21/h3-11,18,21,23-24H,12-17H2,1-2H3,(H-,26,29,32,33);3-11,18,21,23-24,29H,12-17H2,1-2H3,(H,26,30)/p+1/t2*21?,23-,24?/m00/s1. The van der Waals surface area contributed by atoms with Crippen LogP contribution in [-0.4, -0.2) is 147 Å². The van der Waals surface area contributed by atoms with Crippen molar-refractivity contribution in [3.63, 3.8) is 0 Å². The predicted molar refractivity (Wildman–Crippen MR) is 280 cm³/mol. The van der Waals surface area contributed by atoms with Crippen molar-refractivity contribution in [3.05, 3.63) is 141 Å². The molecule has 5 unspecified atom stereocenters. The first-order valence-electron chi connectivity index (χ1n) is 24.7. The molecule has 24 nitrogen and oxygen atoms in total. The molecule has 6 rings (SSSR count). The summed E-state index contributed by atoms with van der Waals surface area (Å²) in [6, 6.07) is 25.4. The number of aliphatic hydroxyl groups is 1. The summed E-state index contributed by atoms with van der Waals surface area (Å²) in [6.45, 7) is 8.15. The van der Waals surface area contributed by atoms with Gasteiger partial charge in [-0.3, -0.25) is 20.2 Å². The topological polar surface area (TPSA) is 323 Å². The number of alkyl carbamates (subject to hydrolysis) is 2. The van der Waals surface area contributed by atoms with Crippen LogP contribution in [0.2, 0.25) is 0 Å². The van der Waals surface area contributed by atoms with Gasteiger partial charge in [0.1, 0.15) is 12.2 Å². The van der Waals surface area contributed by atoms with E-state index in [1.165, 1.54) is 12.1 Å². The largest absolute Gasteiger partial charge is 0.695 e. The summed E-state index contributed by atoms with van der Waals surface area (Å²) in [7, 11) is -11.5. The molecule has 27 heteroatoms. The summed E-state index contributed by atoms with van der Waals surface area (Å²) in [5.74, 6) is -0.239. The van der Waals surface area contributed by atoms with Gasteiger partial charge in [-0.05, 0) is 60.1 Å². The van der Waals surface area contributed by atoms with E-state index in [-0.39, 0.29) is 78.2 Å². The third-order valence-electron chi connectivity index (χ3n) is 11.9. The lowest BCUT2D eigenvalue weighted by Gasteiger charge is -2.30. The Morgan fingerprint density at radius 1 is 0.649 bits per heavy atom. The van der Waals surface area contributed by atoms with Gasteiger partial charge in [0, 0.05) is 67.9 Å². The van der Waals surface area contributed by atoms with Gasteiger partial charge in [-0.2, -0.15) is 8.61 Å². The first-order valence-corrected chi connectivity index (χ1v) is 28.7. The van der Waals surface area contributed by atoms with Crippen LogP contribution in [0.1, 0.15) is 51.7 Å². The molecule has 7 atom stereocenters. The molecule has 2 aliphatic heterocycles. The highest BCUT2D eigenvalue weighted by atomic mass is 32.2. The second kappa shape index (κ2) is 29.6. The highest BCUT2D eigenvalue weighted by molar-refractivity contribution is 7.89. The number of ether oxygens (including phenoxy) is 4. The Bertz CT molecular complexity index is 2770. The number of nitrogens with zero attached hydrogens (tertiary/aromatic N) is 4. The average Bonchev–Trinajstić information content (AvgIpc) is 4.11. The number of carbonyl (C=O) groups is 2. The smallest absolute Gasteiger partial charge is 0.444 e. The zero-order chi connectivity index (χ0) is 56.3. The van der Waals surface area contributed by atoms with Gasteiger partial charge in [0.15, 0.2) is 6.10 Å². The molecule has 0 radical (unpaired) electrons. The Labute approximate surface area is 448 Å². The van der Waals surface area contributed by atoms with Crippen LogP contribution in [0.5, 0.6) is 0 Å². The summed E-state index contributed by atoms with van der Waals surface area (Å²) < 4.78 is 94.9. The molecule has 420 valence electrons. The van der Waals surface area contributed by atoms with Gasteiger partial charge < -0.3 is 34.7 Å². The Morgan fingerprint density at radius 3 is 1.40 bits per heavy atom. The SMILES string of the molecule is CC(C)CN(CC(O)[C@H](Cc1ccccc1)NC(=O)OC1CCOC1)S(=O)(=O)c1ccc([N+](=O)[O-])cc1.CC(C)CN(CC(O[P+](=O)O)[C@H](Cc1ccccc1)NC(=O)OC1CCOC1)S(=O)(=O)c1ccc([N+](=O)[O-])cc1. The lowest BCUT2D eigenvalue weighted by molar-refractivity contribution is -0.385. The van der Waals surface area contributed by atoms with Crippen molar-refractivity contribution in [3.8, 4) is 0 Å². The molecule has 2 saturated heterocycles. The van der Waals surface area contributed by atoms with Crippen LogP contribution in [0.3, 0.4) is 0 Å². The van der Waals surface area contributed by atoms with E-state index in [4.69, 9.17) is 23.5 Å². The van der Waals surface area contributed by atoms with Crippen molar-refractivity contribution >= 4 is 51.9 Å². The van der Waals surface area contributed by atoms with E-state index in [1.807, 2.05) is 44.2 Å². The summed E-state index contributed by atoms with van der Waals surface area (Å²) in [4.78, 5) is 55.5. The van der Waals surface area contributed by atoms with Gasteiger partial charge in [0.25, 0.3) is 11.4 Å². The number of carbonyl (C=O) groups excluding carboxylic acids is 2. The Morgan fingerprint density at radius 2 is 1.04 bits per heavy atom. The molecular weight excluding hydrogens is 1070 g/mol. The van der Waals surface area contributed by atoms with E-state index in [9.17, 15) is 61.2 Å². The van der Waals surface area contributed by atoms with Crippen molar-refractivity contribution in [1.29, 1.82) is 0 Å². The van der Waals surface area contributed by atoms with E-state index < -0.39 is 87.3 Å². The molecule has 4 aromatic rings. The number of nitro groups is 2. The molecule has 2 fully saturated rings. The second-order valence-corrected chi connectivity index (χ2v) is 23.6. The first-order chi connectivity index (χ1) is 36.5. The van der Waals surface area contributed by atoms with Crippen molar-refractivity contribution in [1.82, 2.24) is 19.2 Å². The molecule has 0 saturated carbocycles. The van der Waals surface area contributed by atoms with Gasteiger partial charge in [-0.1, -0.05) is 88.4 Å². The van der Waals surface area contributed by atoms with Crippen LogP contribution in [0.25, 0.3) is 0 Å². The molecule has 77 heavy (non-hydrogen) atoms. The number of amides is 2. The average molecular weight is 1130 g/mol. The second-order valence-electron chi connectivity index (χ2n) is 19.0. The predicted octanol–water partition coefficient (Wildman–Crippen LogP) is 6.13. The van der Waals surface area contributed by atoms with Gasteiger partial charge in [-0.15, -0.1) is 9.42 Å². The lowest BCUT2D eigenvalue weighted by Crippen LogP contribution is -2.52. The monoisotopic (exact) mass is 1130 g/mol. The van der Waals surface area contributed by atoms with Gasteiger partial charge in [-0.25, -0.2) is 26.4 Å². The minimum absolute atomic E-state index is 0.00328. The number of rotatable bonds is 26. The number of nitrogens with one attached hydrogen (secondary N) is 2. The van der Waals surface area contributed by atoms with Gasteiger partial charge >= 0.3 is 20.4 Å². The normalized spacial score (nSPS) is 17.5. The minimum Gasteiger partial charge on any atom is -0.444 e. The number of aliphatic hydroxyl groups excluding tert-OH is 1. The molecule has 4 N–H and O–H groups in total. The maximum Gasteiger partial charge on any atom is 0.695 e. The van der Waals surface area contributed by atoms with E-state index in [1.54, 1.807) is 44.2 Å². The third-order valence-corrected chi connectivity index (χ3v) is 16.1. The van der Waals surface area contributed by atoms with Gasteiger partial charge in [0.2, 0.25) is 20.0 Å². The Hall–Kier alpha value is -6.06. The number of sulfonamides is 2. The fourth-order valence-corrected chi connectivity index (χ4v) is 11.9. The first kappa shape index (κ1) is 61.8. The van der Waals surface area contributed by atoms with Crippen molar-refractivity contribution in [2.24, 2.45) is 11.8 Å². The molecular formula is C50H66N6O18PS2+. The van der Waals surface area contributed by atoms with Crippen LogP contribution in [-0.2, 0) is 60.9 Å². The zero-order valence-electron chi connectivity index (χ0n) is 43.0. The summed E-state index contributed by atoms with van der Waals surface area (Å²) in [6.07, 6.45) is -3.42. The number of hydrogen-bond acceptors (Lipinski definition) is 17. The Kier molecular flexibility index (Phi) is 23.8. The van der Waals surface area contributed by atoms with Crippen molar-refractivity contribution in [2.75, 3.05) is 52.6 Å². The Balaban J connectivity index is 0.000000285. The molecule has 4 aromatic carbocycles. The maximum atomic E-state index is 13.6. The van der Waals surface area contributed by atoms with Crippen LogP contribution in [0, 0.1) is 32.1 Å². The molecule has 0 aromatic heterocycles.